The third-order valence-electron chi connectivity index (χ3n) is 5.55. The molecule has 0 radical (unpaired) electrons. The summed E-state index contributed by atoms with van der Waals surface area (Å²) in [7, 11) is 0. The molecule has 0 aliphatic carbocycles. The van der Waals surface area contributed by atoms with Gasteiger partial charge in [-0.2, -0.15) is 0 Å². The number of nitrogens with one attached hydrogen (secondary N) is 1. The molecular formula is C19H23Cl2N3O3. The molecule has 3 unspecified atom stereocenters. The number of likely N-dealkylation sites (tertiary alicyclic amines) is 1. The van der Waals surface area contributed by atoms with E-state index in [9.17, 15) is 14.4 Å². The molecular weight excluding hydrogens is 389 g/mol. The minimum absolute atomic E-state index is 0.100. The van der Waals surface area contributed by atoms with Gasteiger partial charge in [0.05, 0.1) is 10.0 Å². The first-order chi connectivity index (χ1) is 12.6. The van der Waals surface area contributed by atoms with Crippen LogP contribution in [0.1, 0.15) is 45.6 Å². The second kappa shape index (κ2) is 7.32. The van der Waals surface area contributed by atoms with E-state index in [0.717, 1.165) is 24.2 Å². The van der Waals surface area contributed by atoms with Crippen molar-refractivity contribution in [1.82, 2.24) is 15.1 Å². The van der Waals surface area contributed by atoms with Crippen LogP contribution in [0.2, 0.25) is 10.0 Å². The summed E-state index contributed by atoms with van der Waals surface area (Å²) < 4.78 is 0. The molecule has 1 aromatic rings. The zero-order valence-electron chi connectivity index (χ0n) is 15.6. The number of benzene rings is 1. The standard InChI is InChI=1S/C19H23Cl2N3O3/c1-11-5-4-6-12(2)24(11)16(25)10-23-17(26)19(3,22-18(23)27)13-7-8-14(20)15(21)9-13/h7-9,11-12H,4-6,10H2,1-3H3,(H,22,27). The fraction of sp³-hybridized carbons (Fsp3) is 0.526. The Balaban J connectivity index is 1.81. The van der Waals surface area contributed by atoms with Gasteiger partial charge in [0, 0.05) is 12.1 Å². The van der Waals surface area contributed by atoms with Crippen molar-refractivity contribution in [3.63, 3.8) is 0 Å². The number of halogens is 2. The van der Waals surface area contributed by atoms with Crippen LogP contribution in [0.4, 0.5) is 4.79 Å². The molecule has 27 heavy (non-hydrogen) atoms. The molecule has 0 bridgehead atoms. The van der Waals surface area contributed by atoms with Crippen LogP contribution in [0.5, 0.6) is 0 Å². The lowest BCUT2D eigenvalue weighted by Gasteiger charge is -2.39. The summed E-state index contributed by atoms with van der Waals surface area (Å²) in [5.74, 6) is -0.687. The summed E-state index contributed by atoms with van der Waals surface area (Å²) in [4.78, 5) is 41.1. The van der Waals surface area contributed by atoms with E-state index in [1.165, 1.54) is 0 Å². The van der Waals surface area contributed by atoms with Gasteiger partial charge in [0.1, 0.15) is 12.1 Å². The predicted molar refractivity (Wildman–Crippen MR) is 104 cm³/mol. The molecule has 3 atom stereocenters. The van der Waals surface area contributed by atoms with Crippen LogP contribution in [-0.2, 0) is 15.1 Å². The first-order valence-corrected chi connectivity index (χ1v) is 9.81. The molecule has 146 valence electrons. The Hall–Kier alpha value is -1.79. The molecule has 0 saturated carbocycles. The molecule has 2 aliphatic heterocycles. The number of amides is 4. The van der Waals surface area contributed by atoms with Gasteiger partial charge < -0.3 is 10.2 Å². The van der Waals surface area contributed by atoms with Crippen molar-refractivity contribution < 1.29 is 14.4 Å². The van der Waals surface area contributed by atoms with Gasteiger partial charge in [-0.15, -0.1) is 0 Å². The smallest absolute Gasteiger partial charge is 0.325 e. The van der Waals surface area contributed by atoms with Crippen LogP contribution in [0.3, 0.4) is 0 Å². The first-order valence-electron chi connectivity index (χ1n) is 9.06. The monoisotopic (exact) mass is 411 g/mol. The Kier molecular flexibility index (Phi) is 5.41. The largest absolute Gasteiger partial charge is 0.336 e. The lowest BCUT2D eigenvalue weighted by molar-refractivity contribution is -0.142. The number of rotatable bonds is 3. The van der Waals surface area contributed by atoms with Crippen molar-refractivity contribution in [2.24, 2.45) is 0 Å². The van der Waals surface area contributed by atoms with Crippen LogP contribution in [0.15, 0.2) is 18.2 Å². The fourth-order valence-corrected chi connectivity index (χ4v) is 4.27. The maximum Gasteiger partial charge on any atom is 0.325 e. The second-order valence-corrected chi connectivity index (χ2v) is 8.32. The molecule has 0 spiro atoms. The molecule has 6 nitrogen and oxygen atoms in total. The first kappa shape index (κ1) is 20.0. The number of hydrogen-bond donors (Lipinski definition) is 1. The van der Waals surface area contributed by atoms with E-state index in [2.05, 4.69) is 5.32 Å². The number of hydrogen-bond acceptors (Lipinski definition) is 3. The van der Waals surface area contributed by atoms with Crippen molar-refractivity contribution in [2.45, 2.75) is 57.7 Å². The van der Waals surface area contributed by atoms with E-state index in [4.69, 9.17) is 23.2 Å². The van der Waals surface area contributed by atoms with E-state index in [-0.39, 0.29) is 24.5 Å². The molecule has 1 aromatic carbocycles. The SMILES string of the molecule is CC1CCCC(C)N1C(=O)CN1C(=O)NC(C)(c2ccc(Cl)c(Cl)c2)C1=O. The van der Waals surface area contributed by atoms with Gasteiger partial charge in [-0.05, 0) is 57.7 Å². The van der Waals surface area contributed by atoms with Crippen LogP contribution < -0.4 is 5.32 Å². The van der Waals surface area contributed by atoms with E-state index < -0.39 is 17.5 Å². The molecule has 2 saturated heterocycles. The van der Waals surface area contributed by atoms with Crippen molar-refractivity contribution in [2.75, 3.05) is 6.54 Å². The number of carbonyl (C=O) groups is 3. The highest BCUT2D eigenvalue weighted by Crippen LogP contribution is 2.33. The maximum absolute atomic E-state index is 13.0. The Morgan fingerprint density at radius 3 is 2.41 bits per heavy atom. The van der Waals surface area contributed by atoms with Crippen LogP contribution in [0.25, 0.3) is 0 Å². The molecule has 8 heteroatoms. The van der Waals surface area contributed by atoms with Gasteiger partial charge in [0.2, 0.25) is 5.91 Å². The Morgan fingerprint density at radius 2 is 1.81 bits per heavy atom. The average molecular weight is 412 g/mol. The molecule has 2 aliphatic rings. The highest BCUT2D eigenvalue weighted by atomic mass is 35.5. The van der Waals surface area contributed by atoms with Gasteiger partial charge in [-0.25, -0.2) is 4.79 Å². The van der Waals surface area contributed by atoms with E-state index >= 15 is 0 Å². The lowest BCUT2D eigenvalue weighted by Crippen LogP contribution is -2.52. The molecule has 3 rings (SSSR count). The van der Waals surface area contributed by atoms with E-state index in [1.807, 2.05) is 13.8 Å². The molecule has 4 amide bonds. The fourth-order valence-electron chi connectivity index (χ4n) is 3.97. The third-order valence-corrected chi connectivity index (χ3v) is 6.29. The van der Waals surface area contributed by atoms with Gasteiger partial charge in [0.15, 0.2) is 0 Å². The number of nitrogens with zero attached hydrogens (tertiary/aromatic N) is 2. The van der Waals surface area contributed by atoms with E-state index in [1.54, 1.807) is 30.0 Å². The predicted octanol–water partition coefficient (Wildman–Crippen LogP) is 3.55. The Morgan fingerprint density at radius 1 is 1.19 bits per heavy atom. The number of imide groups is 1. The van der Waals surface area contributed by atoms with Crippen molar-refractivity contribution in [3.05, 3.63) is 33.8 Å². The average Bonchev–Trinajstić information content (AvgIpc) is 2.81. The number of piperidine rings is 1. The van der Waals surface area contributed by atoms with Gasteiger partial charge in [0.25, 0.3) is 5.91 Å². The maximum atomic E-state index is 13.0. The van der Waals surface area contributed by atoms with Crippen molar-refractivity contribution >= 4 is 41.0 Å². The molecule has 2 fully saturated rings. The summed E-state index contributed by atoms with van der Waals surface area (Å²) in [6, 6.07) is 4.40. The third kappa shape index (κ3) is 3.52. The summed E-state index contributed by atoms with van der Waals surface area (Å²) in [5, 5.41) is 3.35. The van der Waals surface area contributed by atoms with Gasteiger partial charge >= 0.3 is 6.03 Å². The normalized spacial score (nSPS) is 28.5. The zero-order valence-corrected chi connectivity index (χ0v) is 17.1. The minimum Gasteiger partial charge on any atom is -0.336 e. The number of carbonyl (C=O) groups excluding carboxylic acids is 3. The molecule has 2 heterocycles. The molecule has 0 aromatic heterocycles. The second-order valence-electron chi connectivity index (χ2n) is 7.51. The van der Waals surface area contributed by atoms with Crippen LogP contribution >= 0.6 is 23.2 Å². The van der Waals surface area contributed by atoms with Gasteiger partial charge in [-0.3, -0.25) is 14.5 Å². The lowest BCUT2D eigenvalue weighted by atomic mass is 9.92. The Bertz CT molecular complexity index is 790. The zero-order chi connectivity index (χ0) is 19.9. The van der Waals surface area contributed by atoms with Crippen molar-refractivity contribution in [1.29, 1.82) is 0 Å². The summed E-state index contributed by atoms with van der Waals surface area (Å²) in [6.07, 6.45) is 2.93. The highest BCUT2D eigenvalue weighted by molar-refractivity contribution is 6.42. The number of urea groups is 1. The van der Waals surface area contributed by atoms with Crippen molar-refractivity contribution in [3.8, 4) is 0 Å². The summed E-state index contributed by atoms with van der Waals surface area (Å²) >= 11 is 12.0. The topological polar surface area (TPSA) is 69.7 Å². The molecule has 1 N–H and O–H groups in total. The van der Waals surface area contributed by atoms with Gasteiger partial charge in [-0.1, -0.05) is 29.3 Å². The summed E-state index contributed by atoms with van der Waals surface area (Å²) in [6.45, 7) is 5.33. The highest BCUT2D eigenvalue weighted by Gasteiger charge is 2.50. The van der Waals surface area contributed by atoms with E-state index in [0.29, 0.717) is 15.6 Å². The quantitative estimate of drug-likeness (QED) is 0.772. The van der Waals surface area contributed by atoms with Crippen LogP contribution in [0, 0.1) is 0 Å². The summed E-state index contributed by atoms with van der Waals surface area (Å²) in [5.41, 5.74) is -0.769. The minimum atomic E-state index is -1.29. The Labute approximate surface area is 168 Å². The van der Waals surface area contributed by atoms with Crippen LogP contribution in [-0.4, -0.2) is 46.3 Å².